The highest BCUT2D eigenvalue weighted by Crippen LogP contribution is 2.31. The lowest BCUT2D eigenvalue weighted by Gasteiger charge is -2.23. The molecule has 0 fully saturated rings. The maximum atomic E-state index is 12.6. The van der Waals surface area contributed by atoms with Gasteiger partial charge in [-0.2, -0.15) is 5.26 Å². The molecule has 1 aromatic heterocycles. The van der Waals surface area contributed by atoms with Gasteiger partial charge in [0.25, 0.3) is 5.91 Å². The Labute approximate surface area is 165 Å². The van der Waals surface area contributed by atoms with Crippen molar-refractivity contribution in [3.05, 3.63) is 83.6 Å². The average Bonchev–Trinajstić information content (AvgIpc) is 2.68. The molecule has 5 heteroatoms. The van der Waals surface area contributed by atoms with E-state index in [1.165, 1.54) is 5.56 Å². The molecule has 1 heterocycles. The predicted molar refractivity (Wildman–Crippen MR) is 112 cm³/mol. The summed E-state index contributed by atoms with van der Waals surface area (Å²) in [4.78, 5) is 16.9. The molecule has 3 aromatic rings. The lowest BCUT2D eigenvalue weighted by atomic mass is 9.86. The smallest absolute Gasteiger partial charge is 0.255 e. The first-order valence-corrected chi connectivity index (χ1v) is 9.01. The number of carbonyl (C=O) groups excluding carboxylic acids is 1. The molecule has 140 valence electrons. The molecule has 0 saturated carbocycles. The fourth-order valence-electron chi connectivity index (χ4n) is 2.86. The molecule has 1 amide bonds. The molecule has 0 bridgehead atoms. The number of hydrogen-bond donors (Lipinski definition) is 2. The van der Waals surface area contributed by atoms with Gasteiger partial charge in [0.2, 0.25) is 0 Å². The number of rotatable bonds is 4. The lowest BCUT2D eigenvalue weighted by Crippen LogP contribution is -2.14. The van der Waals surface area contributed by atoms with Crippen LogP contribution >= 0.6 is 0 Å². The van der Waals surface area contributed by atoms with E-state index in [2.05, 4.69) is 48.5 Å². The number of anilines is 3. The van der Waals surface area contributed by atoms with Crippen molar-refractivity contribution in [2.24, 2.45) is 0 Å². The van der Waals surface area contributed by atoms with Crippen LogP contribution in [0.15, 0.2) is 66.9 Å². The highest BCUT2D eigenvalue weighted by molar-refractivity contribution is 6.04. The molecule has 0 atom stereocenters. The zero-order valence-electron chi connectivity index (χ0n) is 16.2. The fraction of sp³-hybridized carbons (Fsp3) is 0.174. The van der Waals surface area contributed by atoms with Gasteiger partial charge in [-0.3, -0.25) is 4.79 Å². The summed E-state index contributed by atoms with van der Waals surface area (Å²) in [6.45, 7) is 6.47. The van der Waals surface area contributed by atoms with Gasteiger partial charge in [-0.05, 0) is 53.4 Å². The molecule has 28 heavy (non-hydrogen) atoms. The topological polar surface area (TPSA) is 77.8 Å². The molecule has 3 rings (SSSR count). The second kappa shape index (κ2) is 7.93. The van der Waals surface area contributed by atoms with Gasteiger partial charge >= 0.3 is 0 Å². The molecule has 5 nitrogen and oxygen atoms in total. The summed E-state index contributed by atoms with van der Waals surface area (Å²) in [6, 6.07) is 20.3. The van der Waals surface area contributed by atoms with Crippen molar-refractivity contribution in [2.75, 3.05) is 10.6 Å². The summed E-state index contributed by atoms with van der Waals surface area (Å²) in [5.41, 5.74) is 3.79. The molecule has 0 aliphatic heterocycles. The van der Waals surface area contributed by atoms with Gasteiger partial charge in [0.1, 0.15) is 5.82 Å². The third-order valence-corrected chi connectivity index (χ3v) is 4.29. The first-order chi connectivity index (χ1) is 13.4. The highest BCUT2D eigenvalue weighted by atomic mass is 16.1. The number of nitrogens with one attached hydrogen (secondary N) is 2. The van der Waals surface area contributed by atoms with E-state index >= 15 is 0 Å². The maximum absolute atomic E-state index is 12.6. The molecule has 0 saturated heterocycles. The van der Waals surface area contributed by atoms with E-state index in [4.69, 9.17) is 5.26 Å². The number of aromatic nitrogens is 1. The number of hydrogen-bond acceptors (Lipinski definition) is 4. The Morgan fingerprint density at radius 2 is 1.75 bits per heavy atom. The molecule has 2 N–H and O–H groups in total. The van der Waals surface area contributed by atoms with Crippen molar-refractivity contribution in [3.63, 3.8) is 0 Å². The molecular formula is C23H22N4O. The van der Waals surface area contributed by atoms with Crippen molar-refractivity contribution in [1.29, 1.82) is 5.26 Å². The van der Waals surface area contributed by atoms with Crippen LogP contribution in [-0.2, 0) is 5.41 Å². The Balaban J connectivity index is 1.79. The van der Waals surface area contributed by atoms with E-state index in [0.717, 1.165) is 5.69 Å². The van der Waals surface area contributed by atoms with Crippen molar-refractivity contribution in [2.45, 2.75) is 26.2 Å². The minimum atomic E-state index is -0.237. The number of para-hydroxylation sites is 1. The second-order valence-electron chi connectivity index (χ2n) is 7.49. The number of benzene rings is 2. The van der Waals surface area contributed by atoms with Gasteiger partial charge in [0.15, 0.2) is 0 Å². The molecular weight excluding hydrogens is 348 g/mol. The van der Waals surface area contributed by atoms with Crippen LogP contribution in [0, 0.1) is 11.3 Å². The summed E-state index contributed by atoms with van der Waals surface area (Å²) >= 11 is 0. The van der Waals surface area contributed by atoms with Crippen molar-refractivity contribution in [3.8, 4) is 6.07 Å². The van der Waals surface area contributed by atoms with Crippen molar-refractivity contribution >= 4 is 23.1 Å². The largest absolute Gasteiger partial charge is 0.340 e. The molecule has 0 radical (unpaired) electrons. The minimum absolute atomic E-state index is 0.0197. The second-order valence-corrected chi connectivity index (χ2v) is 7.49. The number of pyridine rings is 1. The lowest BCUT2D eigenvalue weighted by molar-refractivity contribution is 0.102. The average molecular weight is 370 g/mol. The third-order valence-electron chi connectivity index (χ3n) is 4.29. The van der Waals surface area contributed by atoms with E-state index in [1.54, 1.807) is 42.6 Å². The number of amides is 1. The quantitative estimate of drug-likeness (QED) is 0.658. The summed E-state index contributed by atoms with van der Waals surface area (Å²) in [5, 5.41) is 15.0. The normalized spacial score (nSPS) is 10.8. The molecule has 2 aromatic carbocycles. The van der Waals surface area contributed by atoms with Crippen LogP contribution < -0.4 is 10.6 Å². The van der Waals surface area contributed by atoms with Crippen LogP contribution in [0.5, 0.6) is 0 Å². The highest BCUT2D eigenvalue weighted by Gasteiger charge is 2.18. The van der Waals surface area contributed by atoms with Crippen LogP contribution in [0.2, 0.25) is 0 Å². The first kappa shape index (κ1) is 19.1. The standard InChI is InChI=1S/C23H22N4O/c1-23(2,3)19-6-4-5-7-20(19)27-21-14-17(12-13-25-21)22(28)26-18-10-8-16(15-24)9-11-18/h4-14H,1-3H3,(H,25,27)(H,26,28). The monoisotopic (exact) mass is 370 g/mol. The third kappa shape index (κ3) is 4.54. The van der Waals surface area contributed by atoms with Crippen LogP contribution in [0.25, 0.3) is 0 Å². The minimum Gasteiger partial charge on any atom is -0.340 e. The predicted octanol–water partition coefficient (Wildman–Crippen LogP) is 5.25. The van der Waals surface area contributed by atoms with E-state index < -0.39 is 0 Å². The zero-order valence-corrected chi connectivity index (χ0v) is 16.2. The number of nitriles is 1. The van der Waals surface area contributed by atoms with Crippen LogP contribution in [-0.4, -0.2) is 10.9 Å². The van der Waals surface area contributed by atoms with E-state index in [0.29, 0.717) is 22.6 Å². The molecule has 0 aliphatic carbocycles. The van der Waals surface area contributed by atoms with Crippen LogP contribution in [0.1, 0.15) is 42.3 Å². The molecule has 0 spiro atoms. The number of nitrogens with zero attached hydrogens (tertiary/aromatic N) is 2. The van der Waals surface area contributed by atoms with Gasteiger partial charge in [-0.25, -0.2) is 4.98 Å². The van der Waals surface area contributed by atoms with Gasteiger partial charge in [0, 0.05) is 23.1 Å². The van der Waals surface area contributed by atoms with Gasteiger partial charge in [0.05, 0.1) is 11.6 Å². The first-order valence-electron chi connectivity index (χ1n) is 9.01. The summed E-state index contributed by atoms with van der Waals surface area (Å²) in [6.07, 6.45) is 1.61. The Hall–Kier alpha value is -3.65. The Morgan fingerprint density at radius 3 is 2.43 bits per heavy atom. The summed E-state index contributed by atoms with van der Waals surface area (Å²) < 4.78 is 0. The summed E-state index contributed by atoms with van der Waals surface area (Å²) in [7, 11) is 0. The molecule has 0 aliphatic rings. The van der Waals surface area contributed by atoms with E-state index in [-0.39, 0.29) is 11.3 Å². The zero-order chi connectivity index (χ0) is 20.1. The molecule has 0 unspecified atom stereocenters. The Kier molecular flexibility index (Phi) is 5.42. The van der Waals surface area contributed by atoms with E-state index in [9.17, 15) is 4.79 Å². The Morgan fingerprint density at radius 1 is 1.04 bits per heavy atom. The maximum Gasteiger partial charge on any atom is 0.255 e. The fourth-order valence-corrected chi connectivity index (χ4v) is 2.86. The Bertz CT molecular complexity index is 1030. The van der Waals surface area contributed by atoms with Gasteiger partial charge in [-0.1, -0.05) is 39.0 Å². The summed E-state index contributed by atoms with van der Waals surface area (Å²) in [5.74, 6) is 0.364. The van der Waals surface area contributed by atoms with Crippen molar-refractivity contribution in [1.82, 2.24) is 4.98 Å². The van der Waals surface area contributed by atoms with Crippen molar-refractivity contribution < 1.29 is 4.79 Å². The number of carbonyl (C=O) groups is 1. The van der Waals surface area contributed by atoms with E-state index in [1.807, 2.05) is 18.2 Å². The van der Waals surface area contributed by atoms with Crippen LogP contribution in [0.3, 0.4) is 0 Å². The van der Waals surface area contributed by atoms with Gasteiger partial charge in [-0.15, -0.1) is 0 Å². The van der Waals surface area contributed by atoms with Crippen LogP contribution in [0.4, 0.5) is 17.2 Å². The SMILES string of the molecule is CC(C)(C)c1ccccc1Nc1cc(C(=O)Nc2ccc(C#N)cc2)ccn1. The van der Waals surface area contributed by atoms with Gasteiger partial charge < -0.3 is 10.6 Å².